The molecular weight excluding hydrogens is 276 g/mol. The Morgan fingerprint density at radius 3 is 1.25 bits per heavy atom. The second-order valence-electron chi connectivity index (χ2n) is 3.17. The predicted octanol–water partition coefficient (Wildman–Crippen LogP) is 2.53. The summed E-state index contributed by atoms with van der Waals surface area (Å²) < 4.78 is 7.39. The Morgan fingerprint density at radius 1 is 0.750 bits per heavy atom. The zero-order valence-electron chi connectivity index (χ0n) is 7.51. The molecule has 0 bridgehead atoms. The number of hydrogen-bond acceptors (Lipinski definition) is 4. The molecule has 0 aromatic heterocycles. The van der Waals surface area contributed by atoms with Crippen LogP contribution in [0, 0.1) is 0 Å². The van der Waals surface area contributed by atoms with Gasteiger partial charge < -0.3 is 0 Å². The normalized spacial score (nSPS) is 24.2. The lowest BCUT2D eigenvalue weighted by Gasteiger charge is -2.36. The van der Waals surface area contributed by atoms with E-state index in [4.69, 9.17) is 0 Å². The molecule has 0 N–H and O–H groups in total. The third-order valence-corrected chi connectivity index (χ3v) is 6.93. The average Bonchev–Trinajstić information content (AvgIpc) is 2.02. The molecule has 3 rings (SSSR count). The van der Waals surface area contributed by atoms with E-state index in [0.717, 1.165) is 0 Å². The number of piperazine rings is 1. The van der Waals surface area contributed by atoms with Gasteiger partial charge in [0.1, 0.15) is 8.64 Å². The minimum absolute atomic E-state index is 0. The maximum absolute atomic E-state index is 2.50. The molecule has 1 fully saturated rings. The molecule has 16 heavy (non-hydrogen) atoms. The highest BCUT2D eigenvalue weighted by Crippen LogP contribution is 2.21. The zero-order chi connectivity index (χ0) is 9.38. The molecule has 0 aromatic carbocycles. The summed E-state index contributed by atoms with van der Waals surface area (Å²) in [6.45, 7) is 4.75. The minimum atomic E-state index is 0. The summed E-state index contributed by atoms with van der Waals surface area (Å²) in [6, 6.07) is 0. The van der Waals surface area contributed by atoms with Gasteiger partial charge in [-0.2, -0.15) is 0 Å². The molecule has 2 nitrogen and oxygen atoms in total. The molecule has 0 radical (unpaired) electrons. The van der Waals surface area contributed by atoms with Crippen LogP contribution in [0.3, 0.4) is 0 Å². The van der Waals surface area contributed by atoms with E-state index in [0.29, 0.717) is 0 Å². The fourth-order valence-electron chi connectivity index (χ4n) is 1.55. The van der Waals surface area contributed by atoms with Crippen molar-refractivity contribution in [2.75, 3.05) is 26.2 Å². The van der Waals surface area contributed by atoms with Crippen LogP contribution in [0.4, 0.5) is 0 Å². The van der Waals surface area contributed by atoms with Crippen LogP contribution < -0.4 is 0 Å². The summed E-state index contributed by atoms with van der Waals surface area (Å²) in [6.07, 6.45) is 0. The summed E-state index contributed by atoms with van der Waals surface area (Å²) in [5.74, 6) is 0. The van der Waals surface area contributed by atoms with Gasteiger partial charge in [0.05, 0.1) is 0 Å². The zero-order valence-corrected chi connectivity index (χ0v) is 10.8. The fraction of sp³-hybridized carbons (Fsp3) is 0.600. The lowest BCUT2D eigenvalue weighted by Crippen LogP contribution is -2.49. The molecule has 3 aliphatic heterocycles. The Hall–Kier alpha value is 0.540. The summed E-state index contributed by atoms with van der Waals surface area (Å²) in [4.78, 5) is 5.01. The van der Waals surface area contributed by atoms with Crippen molar-refractivity contribution in [3.63, 3.8) is 0 Å². The van der Waals surface area contributed by atoms with E-state index < -0.39 is 0 Å². The second kappa shape index (κ2) is 6.47. The van der Waals surface area contributed by atoms with Gasteiger partial charge in [0, 0.05) is 35.6 Å². The Kier molecular flexibility index (Phi) is 5.90. The largest absolute Gasteiger partial charge is 0.258 e. The number of hydrogen-bond donors (Lipinski definition) is 0. The van der Waals surface area contributed by atoms with Crippen LogP contribution in [0.15, 0.2) is 0 Å². The van der Waals surface area contributed by atoms with Crippen molar-refractivity contribution >= 4 is 63.4 Å². The molecule has 1 saturated heterocycles. The molecule has 3 heterocycles. The van der Waals surface area contributed by atoms with Crippen molar-refractivity contribution < 1.29 is 0 Å². The third-order valence-electron chi connectivity index (χ3n) is 2.39. The van der Waals surface area contributed by atoms with E-state index in [1.165, 1.54) is 34.8 Å². The lowest BCUT2D eigenvalue weighted by atomic mass is 10.4. The Morgan fingerprint density at radius 2 is 1.06 bits per heavy atom. The van der Waals surface area contributed by atoms with Gasteiger partial charge in [0.25, 0.3) is 0 Å². The summed E-state index contributed by atoms with van der Waals surface area (Å²) >= 11 is 3.76. The molecule has 0 amide bonds. The van der Waals surface area contributed by atoms with Crippen molar-refractivity contribution in [1.29, 1.82) is 0 Å². The van der Waals surface area contributed by atoms with E-state index in [-0.39, 0.29) is 14.9 Å². The van der Waals surface area contributed by atoms with E-state index in [2.05, 4.69) is 19.2 Å². The van der Waals surface area contributed by atoms with Gasteiger partial charge in [0.15, 0.2) is 0 Å². The molecule has 0 atom stereocenters. The standard InChI is InChI=1S/C8H10N2S4.2CH4/c1-2-10(8-13-6-14-8)4-3-9(1)7-11-5-12-7;;/h5-6H,1-4H2;2*1H4. The van der Waals surface area contributed by atoms with Gasteiger partial charge in [-0.3, -0.25) is 9.80 Å². The van der Waals surface area contributed by atoms with Gasteiger partial charge in [-0.15, -0.1) is 21.9 Å². The average molecular weight is 295 g/mol. The summed E-state index contributed by atoms with van der Waals surface area (Å²) in [5, 5.41) is 0. The first kappa shape index (κ1) is 14.6. The number of thioether (sulfide) groups is 2. The number of nitrogens with zero attached hydrogens (tertiary/aromatic N) is 2. The molecular formula is C10H18N2S4. The smallest absolute Gasteiger partial charge is 0.111 e. The van der Waals surface area contributed by atoms with E-state index in [1.54, 1.807) is 0 Å². The van der Waals surface area contributed by atoms with Crippen LogP contribution in [0.25, 0.3) is 0 Å². The maximum Gasteiger partial charge on any atom is 0.111 e. The van der Waals surface area contributed by atoms with Crippen molar-refractivity contribution in [1.82, 2.24) is 9.80 Å². The Labute approximate surface area is 114 Å². The van der Waals surface area contributed by atoms with Crippen molar-refractivity contribution in [3.8, 4) is 0 Å². The molecule has 0 aromatic rings. The second-order valence-corrected chi connectivity index (χ2v) is 7.72. The molecule has 6 heteroatoms. The van der Waals surface area contributed by atoms with Crippen LogP contribution >= 0.6 is 45.4 Å². The molecule has 0 saturated carbocycles. The van der Waals surface area contributed by atoms with E-state index in [9.17, 15) is 0 Å². The van der Waals surface area contributed by atoms with Crippen molar-refractivity contribution in [3.05, 3.63) is 0 Å². The number of rotatable bonds is 0. The van der Waals surface area contributed by atoms with Crippen molar-refractivity contribution in [2.24, 2.45) is 0 Å². The molecule has 3 aliphatic rings. The van der Waals surface area contributed by atoms with Gasteiger partial charge in [-0.05, 0) is 0 Å². The third kappa shape index (κ3) is 2.86. The van der Waals surface area contributed by atoms with Crippen LogP contribution in [-0.4, -0.2) is 54.0 Å². The van der Waals surface area contributed by atoms with Crippen molar-refractivity contribution in [2.45, 2.75) is 14.9 Å². The Bertz CT molecular complexity index is 346. The first-order valence-corrected chi connectivity index (χ1v) is 7.99. The van der Waals surface area contributed by atoms with Crippen LogP contribution in [0.1, 0.15) is 14.9 Å². The predicted molar refractivity (Wildman–Crippen MR) is 89.1 cm³/mol. The van der Waals surface area contributed by atoms with E-state index >= 15 is 0 Å². The lowest BCUT2D eigenvalue weighted by molar-refractivity contribution is 0.271. The van der Waals surface area contributed by atoms with Gasteiger partial charge >= 0.3 is 0 Å². The van der Waals surface area contributed by atoms with Gasteiger partial charge in [0.2, 0.25) is 0 Å². The minimum Gasteiger partial charge on any atom is -0.258 e. The first-order valence-electron chi connectivity index (χ1n) is 4.47. The topological polar surface area (TPSA) is 6.48 Å². The highest BCUT2D eigenvalue weighted by molar-refractivity contribution is 8.48. The first-order chi connectivity index (χ1) is 6.93. The maximum atomic E-state index is 2.50. The molecule has 0 unspecified atom stereocenters. The monoisotopic (exact) mass is 294 g/mol. The molecule has 92 valence electrons. The SMILES string of the molecule is C.C.C1=S=C(N2CCN(C3=S=CS3)CC2)S1. The highest BCUT2D eigenvalue weighted by atomic mass is 32.2. The summed E-state index contributed by atoms with van der Waals surface area (Å²) in [5.41, 5.74) is 0. The fourth-order valence-corrected chi connectivity index (χ4v) is 4.34. The quantitative estimate of drug-likeness (QED) is 0.633. The van der Waals surface area contributed by atoms with Crippen LogP contribution in [0.5, 0.6) is 0 Å². The van der Waals surface area contributed by atoms with Crippen LogP contribution in [-0.2, 0) is 0 Å². The highest BCUT2D eigenvalue weighted by Gasteiger charge is 2.24. The van der Waals surface area contributed by atoms with Gasteiger partial charge in [-0.25, -0.2) is 0 Å². The van der Waals surface area contributed by atoms with Gasteiger partial charge in [-0.1, -0.05) is 38.4 Å². The summed E-state index contributed by atoms with van der Waals surface area (Å²) in [7, 11) is 3.76. The molecule has 0 spiro atoms. The van der Waals surface area contributed by atoms with Crippen LogP contribution in [0.2, 0.25) is 0 Å². The van der Waals surface area contributed by atoms with E-state index in [1.807, 2.05) is 45.4 Å². The molecule has 0 aliphatic carbocycles. The Balaban J connectivity index is 0.000000640.